The third-order valence-electron chi connectivity index (χ3n) is 3.54. The predicted molar refractivity (Wildman–Crippen MR) is 105 cm³/mol. The number of ether oxygens (including phenoxy) is 1. The molecular weight excluding hydrogens is 421 g/mol. The number of guanidine groups is 1. The number of halogens is 1. The van der Waals surface area contributed by atoms with Crippen LogP contribution in [0.3, 0.4) is 0 Å². The van der Waals surface area contributed by atoms with E-state index in [9.17, 15) is 0 Å². The van der Waals surface area contributed by atoms with Crippen molar-refractivity contribution >= 4 is 29.9 Å². The summed E-state index contributed by atoms with van der Waals surface area (Å²) < 4.78 is 10.7. The van der Waals surface area contributed by atoms with Crippen molar-refractivity contribution in [1.29, 1.82) is 0 Å². The van der Waals surface area contributed by atoms with E-state index >= 15 is 0 Å². The fraction of sp³-hybridized carbons (Fsp3) is 0.812. The summed E-state index contributed by atoms with van der Waals surface area (Å²) in [6.07, 6.45) is 5.34. The third kappa shape index (κ3) is 9.41. The van der Waals surface area contributed by atoms with Gasteiger partial charge < -0.3 is 19.9 Å². The second-order valence-electron chi connectivity index (χ2n) is 5.90. The Hall–Kier alpha value is -0.900. The van der Waals surface area contributed by atoms with Crippen molar-refractivity contribution in [1.82, 2.24) is 20.8 Å². The van der Waals surface area contributed by atoms with Gasteiger partial charge in [0, 0.05) is 39.3 Å². The van der Waals surface area contributed by atoms with Crippen LogP contribution in [0.2, 0.25) is 0 Å². The van der Waals surface area contributed by atoms with Gasteiger partial charge in [0.1, 0.15) is 0 Å². The molecule has 0 unspecified atom stereocenters. The molecule has 1 aliphatic carbocycles. The number of aromatic nitrogens is 2. The van der Waals surface area contributed by atoms with Gasteiger partial charge in [-0.15, -0.1) is 24.0 Å². The second kappa shape index (κ2) is 12.5. The number of rotatable bonds is 11. The fourth-order valence-corrected chi connectivity index (χ4v) is 2.12. The van der Waals surface area contributed by atoms with Crippen molar-refractivity contribution in [3.8, 4) is 0 Å². The summed E-state index contributed by atoms with van der Waals surface area (Å²) in [6, 6.07) is 0. The van der Waals surface area contributed by atoms with Gasteiger partial charge in [-0.2, -0.15) is 4.98 Å². The normalized spacial score (nSPS) is 14.3. The van der Waals surface area contributed by atoms with Gasteiger partial charge in [0.25, 0.3) is 0 Å². The van der Waals surface area contributed by atoms with E-state index in [1.165, 1.54) is 12.8 Å². The lowest BCUT2D eigenvalue weighted by molar-refractivity contribution is 0.123. The highest BCUT2D eigenvalue weighted by molar-refractivity contribution is 14.0. The lowest BCUT2D eigenvalue weighted by Gasteiger charge is -2.11. The molecule has 8 heteroatoms. The van der Waals surface area contributed by atoms with Gasteiger partial charge in [-0.1, -0.05) is 5.16 Å². The molecule has 1 aromatic heterocycles. The minimum Gasteiger partial charge on any atom is -0.381 e. The Morgan fingerprint density at radius 1 is 1.33 bits per heavy atom. The Balaban J connectivity index is 0.00000288. The van der Waals surface area contributed by atoms with E-state index in [1.807, 2.05) is 6.92 Å². The molecule has 0 bridgehead atoms. The highest BCUT2D eigenvalue weighted by Crippen LogP contribution is 2.28. The summed E-state index contributed by atoms with van der Waals surface area (Å²) in [5.74, 6) is 3.06. The van der Waals surface area contributed by atoms with Gasteiger partial charge >= 0.3 is 0 Å². The quantitative estimate of drug-likeness (QED) is 0.233. The average molecular weight is 451 g/mol. The number of nitrogens with one attached hydrogen (secondary N) is 2. The number of aryl methyl sites for hydroxylation is 2. The van der Waals surface area contributed by atoms with Crippen molar-refractivity contribution in [3.63, 3.8) is 0 Å². The lowest BCUT2D eigenvalue weighted by atomic mass is 10.3. The largest absolute Gasteiger partial charge is 0.381 e. The molecule has 1 heterocycles. The number of aliphatic imine (C=N–C) groups is 1. The minimum atomic E-state index is 0. The van der Waals surface area contributed by atoms with E-state index < -0.39 is 0 Å². The molecule has 2 rings (SSSR count). The van der Waals surface area contributed by atoms with Gasteiger partial charge in [-0.3, -0.25) is 4.99 Å². The van der Waals surface area contributed by atoms with Gasteiger partial charge in [-0.05, 0) is 45.4 Å². The number of hydrogen-bond donors (Lipinski definition) is 2. The maximum atomic E-state index is 5.63. The maximum absolute atomic E-state index is 5.63. The Bertz CT molecular complexity index is 477. The molecule has 1 aromatic rings. The van der Waals surface area contributed by atoms with Gasteiger partial charge in [0.2, 0.25) is 5.89 Å². The van der Waals surface area contributed by atoms with Crippen LogP contribution < -0.4 is 10.6 Å². The molecule has 0 aromatic carbocycles. The van der Waals surface area contributed by atoms with Crippen LogP contribution in [0.4, 0.5) is 0 Å². The van der Waals surface area contributed by atoms with Crippen molar-refractivity contribution in [2.24, 2.45) is 10.9 Å². The zero-order valence-corrected chi connectivity index (χ0v) is 17.0. The van der Waals surface area contributed by atoms with E-state index in [0.29, 0.717) is 11.7 Å². The van der Waals surface area contributed by atoms with E-state index in [4.69, 9.17) is 9.26 Å². The molecule has 0 radical (unpaired) electrons. The van der Waals surface area contributed by atoms with Crippen molar-refractivity contribution in [3.05, 3.63) is 11.7 Å². The first-order valence-electron chi connectivity index (χ1n) is 8.67. The van der Waals surface area contributed by atoms with Gasteiger partial charge in [0.15, 0.2) is 11.8 Å². The van der Waals surface area contributed by atoms with Crippen LogP contribution in [0.1, 0.15) is 44.3 Å². The zero-order chi connectivity index (χ0) is 16.3. The summed E-state index contributed by atoms with van der Waals surface area (Å²) in [7, 11) is 0. The molecule has 7 nitrogen and oxygen atoms in total. The summed E-state index contributed by atoms with van der Waals surface area (Å²) in [5.41, 5.74) is 0. The standard InChI is InChI=1S/C16H29N5O2.HI/c1-3-17-16(19-10-5-11-22-12-14-7-8-14)18-9-4-6-15-20-13(2)21-23-15;/h14H,3-12H2,1-2H3,(H2,17,18,19);1H. The predicted octanol–water partition coefficient (Wildman–Crippen LogP) is 2.30. The Labute approximate surface area is 161 Å². The smallest absolute Gasteiger partial charge is 0.226 e. The fourth-order valence-electron chi connectivity index (χ4n) is 2.12. The lowest BCUT2D eigenvalue weighted by Crippen LogP contribution is -2.38. The van der Waals surface area contributed by atoms with Gasteiger partial charge in [-0.25, -0.2) is 0 Å². The molecular formula is C16H30IN5O2. The Kier molecular flexibility index (Phi) is 11.0. The highest BCUT2D eigenvalue weighted by Gasteiger charge is 2.20. The molecule has 24 heavy (non-hydrogen) atoms. The van der Waals surface area contributed by atoms with Crippen LogP contribution in [0.15, 0.2) is 9.52 Å². The maximum Gasteiger partial charge on any atom is 0.226 e. The van der Waals surface area contributed by atoms with Crippen LogP contribution in [0.25, 0.3) is 0 Å². The zero-order valence-electron chi connectivity index (χ0n) is 14.7. The van der Waals surface area contributed by atoms with E-state index in [-0.39, 0.29) is 24.0 Å². The van der Waals surface area contributed by atoms with E-state index in [0.717, 1.165) is 64.0 Å². The topological polar surface area (TPSA) is 84.6 Å². The third-order valence-corrected chi connectivity index (χ3v) is 3.54. The Morgan fingerprint density at radius 2 is 2.17 bits per heavy atom. The highest BCUT2D eigenvalue weighted by atomic mass is 127. The first kappa shape index (κ1) is 21.1. The molecule has 0 atom stereocenters. The number of nitrogens with zero attached hydrogens (tertiary/aromatic N) is 3. The van der Waals surface area contributed by atoms with E-state index in [1.54, 1.807) is 0 Å². The van der Waals surface area contributed by atoms with Crippen molar-refractivity contribution in [2.75, 3.05) is 32.8 Å². The van der Waals surface area contributed by atoms with Crippen LogP contribution in [-0.4, -0.2) is 48.9 Å². The minimum absolute atomic E-state index is 0. The summed E-state index contributed by atoms with van der Waals surface area (Å²) >= 11 is 0. The number of hydrogen-bond acceptors (Lipinski definition) is 5. The van der Waals surface area contributed by atoms with E-state index in [2.05, 4.69) is 32.7 Å². The average Bonchev–Trinajstić information content (AvgIpc) is 3.27. The molecule has 0 spiro atoms. The summed E-state index contributed by atoms with van der Waals surface area (Å²) in [4.78, 5) is 8.74. The molecule has 138 valence electrons. The molecule has 1 saturated carbocycles. The molecule has 2 N–H and O–H groups in total. The first-order chi connectivity index (χ1) is 11.3. The van der Waals surface area contributed by atoms with Gasteiger partial charge in [0.05, 0.1) is 0 Å². The molecule has 0 saturated heterocycles. The molecule has 0 amide bonds. The van der Waals surface area contributed by atoms with Crippen molar-refractivity contribution < 1.29 is 9.26 Å². The monoisotopic (exact) mass is 451 g/mol. The Morgan fingerprint density at radius 3 is 2.83 bits per heavy atom. The molecule has 0 aliphatic heterocycles. The van der Waals surface area contributed by atoms with Crippen LogP contribution >= 0.6 is 24.0 Å². The van der Waals surface area contributed by atoms with Crippen molar-refractivity contribution in [2.45, 2.75) is 46.0 Å². The molecule has 1 fully saturated rings. The summed E-state index contributed by atoms with van der Waals surface area (Å²) in [6.45, 7) is 8.10. The SMILES string of the molecule is CCNC(=NCCCc1nc(C)no1)NCCCOCC1CC1.I. The second-order valence-corrected chi connectivity index (χ2v) is 5.90. The van der Waals surface area contributed by atoms with Crippen LogP contribution in [0.5, 0.6) is 0 Å². The van der Waals surface area contributed by atoms with Crippen LogP contribution in [0, 0.1) is 12.8 Å². The van der Waals surface area contributed by atoms with Crippen LogP contribution in [-0.2, 0) is 11.2 Å². The summed E-state index contributed by atoms with van der Waals surface area (Å²) in [5, 5.41) is 10.4. The first-order valence-corrected chi connectivity index (χ1v) is 8.67. The molecule has 1 aliphatic rings.